The van der Waals surface area contributed by atoms with Gasteiger partial charge in [0.25, 0.3) is 0 Å². The lowest BCUT2D eigenvalue weighted by atomic mass is 9.98. The maximum Gasteiger partial charge on any atom is 0.408 e. The number of carbonyl (C=O) groups is 3. The average Bonchev–Trinajstić information content (AvgIpc) is 2.32. The average molecular weight is 301 g/mol. The van der Waals surface area contributed by atoms with E-state index in [9.17, 15) is 14.4 Å². The number of hydrogen-bond acceptors (Lipinski definition) is 4. The SMILES string of the molecule is CC[C@H](C)[C@H](NC(=O)OC(C)(C)C)C(=O)N[C@H](C)C(N)=O. The zero-order valence-electron chi connectivity index (χ0n) is 13.6. The summed E-state index contributed by atoms with van der Waals surface area (Å²) in [4.78, 5) is 35.0. The molecule has 0 aliphatic heterocycles. The van der Waals surface area contributed by atoms with Gasteiger partial charge in [0.05, 0.1) is 0 Å². The Balaban J connectivity index is 4.84. The first-order chi connectivity index (χ1) is 9.47. The summed E-state index contributed by atoms with van der Waals surface area (Å²) in [6.45, 7) is 10.4. The van der Waals surface area contributed by atoms with E-state index in [1.165, 1.54) is 6.92 Å². The minimum Gasteiger partial charge on any atom is -0.444 e. The Morgan fingerprint density at radius 3 is 2.05 bits per heavy atom. The molecule has 0 aromatic carbocycles. The molecule has 7 nitrogen and oxygen atoms in total. The molecule has 0 aliphatic rings. The van der Waals surface area contributed by atoms with E-state index in [4.69, 9.17) is 10.5 Å². The molecule has 0 saturated carbocycles. The molecule has 0 spiro atoms. The molecule has 0 heterocycles. The number of primary amides is 1. The second-order valence-corrected chi connectivity index (χ2v) is 6.14. The standard InChI is InChI=1S/C14H27N3O4/c1-7-8(2)10(12(19)16-9(3)11(15)18)17-13(20)21-14(4,5)6/h8-10H,7H2,1-6H3,(H2,15,18)(H,16,19)(H,17,20)/t8-,9+,10-/m0/s1. The van der Waals surface area contributed by atoms with Gasteiger partial charge >= 0.3 is 6.09 Å². The third kappa shape index (κ3) is 7.53. The van der Waals surface area contributed by atoms with Crippen LogP contribution in [0, 0.1) is 5.92 Å². The second kappa shape index (κ2) is 7.85. The molecule has 0 rings (SSSR count). The molecule has 3 amide bonds. The van der Waals surface area contributed by atoms with Gasteiger partial charge in [-0.1, -0.05) is 20.3 Å². The molecule has 122 valence electrons. The lowest BCUT2D eigenvalue weighted by Gasteiger charge is -2.27. The number of rotatable bonds is 6. The number of alkyl carbamates (subject to hydrolysis) is 1. The van der Waals surface area contributed by atoms with E-state index >= 15 is 0 Å². The van der Waals surface area contributed by atoms with Crippen LogP contribution in [-0.4, -0.2) is 35.6 Å². The van der Waals surface area contributed by atoms with Crippen molar-refractivity contribution >= 4 is 17.9 Å². The highest BCUT2D eigenvalue weighted by Gasteiger charge is 2.29. The normalized spacial score (nSPS) is 15.5. The summed E-state index contributed by atoms with van der Waals surface area (Å²) in [5, 5.41) is 5.02. The van der Waals surface area contributed by atoms with Crippen molar-refractivity contribution in [2.24, 2.45) is 11.7 Å². The van der Waals surface area contributed by atoms with Crippen LogP contribution >= 0.6 is 0 Å². The van der Waals surface area contributed by atoms with Crippen molar-refractivity contribution in [3.8, 4) is 0 Å². The van der Waals surface area contributed by atoms with Crippen LogP contribution in [0.5, 0.6) is 0 Å². The van der Waals surface area contributed by atoms with E-state index in [0.717, 1.165) is 0 Å². The van der Waals surface area contributed by atoms with Gasteiger partial charge in [-0.05, 0) is 33.6 Å². The van der Waals surface area contributed by atoms with Gasteiger partial charge in [-0.15, -0.1) is 0 Å². The summed E-state index contributed by atoms with van der Waals surface area (Å²) in [7, 11) is 0. The monoisotopic (exact) mass is 301 g/mol. The Morgan fingerprint density at radius 2 is 1.67 bits per heavy atom. The summed E-state index contributed by atoms with van der Waals surface area (Å²) in [6, 6.07) is -1.59. The molecular formula is C14H27N3O4. The highest BCUT2D eigenvalue weighted by Crippen LogP contribution is 2.11. The van der Waals surface area contributed by atoms with Gasteiger partial charge in [-0.25, -0.2) is 4.79 Å². The molecule has 0 saturated heterocycles. The van der Waals surface area contributed by atoms with E-state index < -0.39 is 35.6 Å². The van der Waals surface area contributed by atoms with Crippen molar-refractivity contribution in [2.45, 2.75) is 65.6 Å². The first-order valence-electron chi connectivity index (χ1n) is 7.07. The van der Waals surface area contributed by atoms with Crippen LogP contribution in [-0.2, 0) is 14.3 Å². The lowest BCUT2D eigenvalue weighted by molar-refractivity contribution is -0.129. The van der Waals surface area contributed by atoms with Crippen molar-refractivity contribution in [1.29, 1.82) is 0 Å². The summed E-state index contributed by atoms with van der Waals surface area (Å²) in [5.74, 6) is -1.21. The molecule has 4 N–H and O–H groups in total. The second-order valence-electron chi connectivity index (χ2n) is 6.14. The van der Waals surface area contributed by atoms with Crippen LogP contribution in [0.15, 0.2) is 0 Å². The van der Waals surface area contributed by atoms with Crippen LogP contribution < -0.4 is 16.4 Å². The quantitative estimate of drug-likeness (QED) is 0.677. The zero-order valence-corrected chi connectivity index (χ0v) is 13.6. The molecule has 7 heteroatoms. The van der Waals surface area contributed by atoms with Gasteiger partial charge < -0.3 is 21.1 Å². The summed E-state index contributed by atoms with van der Waals surface area (Å²) in [5.41, 5.74) is 4.46. The van der Waals surface area contributed by atoms with Crippen LogP contribution in [0.4, 0.5) is 4.79 Å². The molecule has 0 aromatic heterocycles. The van der Waals surface area contributed by atoms with Crippen molar-refractivity contribution in [3.63, 3.8) is 0 Å². The zero-order chi connectivity index (χ0) is 16.8. The predicted octanol–water partition coefficient (Wildman–Crippen LogP) is 0.916. The number of carbonyl (C=O) groups excluding carboxylic acids is 3. The van der Waals surface area contributed by atoms with Gasteiger partial charge in [0, 0.05) is 0 Å². The summed E-state index contributed by atoms with van der Waals surface area (Å²) in [6.07, 6.45) is 0.00781. The molecule has 21 heavy (non-hydrogen) atoms. The Labute approximate surface area is 126 Å². The van der Waals surface area contributed by atoms with Crippen LogP contribution in [0.3, 0.4) is 0 Å². The Bertz CT molecular complexity index is 390. The molecular weight excluding hydrogens is 274 g/mol. The minimum atomic E-state index is -0.801. The Hall–Kier alpha value is -1.79. The summed E-state index contributed by atoms with van der Waals surface area (Å²) < 4.78 is 5.14. The molecule has 0 fully saturated rings. The molecule has 0 aliphatic carbocycles. The largest absolute Gasteiger partial charge is 0.444 e. The van der Waals surface area contributed by atoms with Crippen molar-refractivity contribution in [3.05, 3.63) is 0 Å². The third-order valence-electron chi connectivity index (χ3n) is 2.95. The number of hydrogen-bond donors (Lipinski definition) is 3. The number of amides is 3. The lowest BCUT2D eigenvalue weighted by Crippen LogP contribution is -2.54. The Morgan fingerprint density at radius 1 is 1.14 bits per heavy atom. The van der Waals surface area contributed by atoms with Crippen LogP contribution in [0.1, 0.15) is 48.0 Å². The van der Waals surface area contributed by atoms with Gasteiger partial charge in [-0.3, -0.25) is 9.59 Å². The fraction of sp³-hybridized carbons (Fsp3) is 0.786. The number of nitrogens with two attached hydrogens (primary N) is 1. The molecule has 0 unspecified atom stereocenters. The van der Waals surface area contributed by atoms with E-state index in [1.807, 2.05) is 13.8 Å². The van der Waals surface area contributed by atoms with Gasteiger partial charge in [0.1, 0.15) is 17.7 Å². The first-order valence-corrected chi connectivity index (χ1v) is 7.07. The van der Waals surface area contributed by atoms with Crippen LogP contribution in [0.2, 0.25) is 0 Å². The van der Waals surface area contributed by atoms with Gasteiger partial charge in [-0.2, -0.15) is 0 Å². The topological polar surface area (TPSA) is 111 Å². The fourth-order valence-corrected chi connectivity index (χ4v) is 1.51. The minimum absolute atomic E-state index is 0.113. The maximum absolute atomic E-state index is 12.2. The van der Waals surface area contributed by atoms with Crippen molar-refractivity contribution in [2.75, 3.05) is 0 Å². The van der Waals surface area contributed by atoms with Gasteiger partial charge in [0.2, 0.25) is 11.8 Å². The fourth-order valence-electron chi connectivity index (χ4n) is 1.51. The molecule has 0 aromatic rings. The number of nitrogens with one attached hydrogen (secondary N) is 2. The third-order valence-corrected chi connectivity index (χ3v) is 2.95. The smallest absolute Gasteiger partial charge is 0.408 e. The maximum atomic E-state index is 12.2. The Kier molecular flexibility index (Phi) is 7.18. The predicted molar refractivity (Wildman–Crippen MR) is 79.4 cm³/mol. The molecule has 0 radical (unpaired) electrons. The van der Waals surface area contributed by atoms with Crippen LogP contribution in [0.25, 0.3) is 0 Å². The van der Waals surface area contributed by atoms with Crippen molar-refractivity contribution in [1.82, 2.24) is 10.6 Å². The van der Waals surface area contributed by atoms with E-state index in [0.29, 0.717) is 6.42 Å². The van der Waals surface area contributed by atoms with E-state index in [1.54, 1.807) is 20.8 Å². The highest BCUT2D eigenvalue weighted by molar-refractivity contribution is 5.90. The van der Waals surface area contributed by atoms with E-state index in [-0.39, 0.29) is 5.92 Å². The van der Waals surface area contributed by atoms with Gasteiger partial charge in [0.15, 0.2) is 0 Å². The first kappa shape index (κ1) is 19.2. The van der Waals surface area contributed by atoms with E-state index in [2.05, 4.69) is 10.6 Å². The number of ether oxygens (including phenoxy) is 1. The molecule has 3 atom stereocenters. The highest BCUT2D eigenvalue weighted by atomic mass is 16.6. The molecule has 0 bridgehead atoms. The van der Waals surface area contributed by atoms with Crippen molar-refractivity contribution < 1.29 is 19.1 Å². The summed E-state index contributed by atoms with van der Waals surface area (Å²) >= 11 is 0.